The number of anilines is 1. The third-order valence-corrected chi connectivity index (χ3v) is 3.27. The molecule has 0 radical (unpaired) electrons. The van der Waals surface area contributed by atoms with E-state index in [1.807, 2.05) is 6.92 Å². The number of nitrogens with one attached hydrogen (secondary N) is 1. The van der Waals surface area contributed by atoms with Crippen LogP contribution in [0.4, 0.5) is 5.13 Å². The number of hydrogen-bond donors (Lipinski definition) is 1. The third kappa shape index (κ3) is 3.15. The molecule has 4 nitrogen and oxygen atoms in total. The van der Waals surface area contributed by atoms with Crippen molar-refractivity contribution in [2.75, 3.05) is 18.5 Å². The molecule has 0 aromatic carbocycles. The van der Waals surface area contributed by atoms with Crippen molar-refractivity contribution in [3.05, 3.63) is 5.82 Å². The van der Waals surface area contributed by atoms with Gasteiger partial charge in [0, 0.05) is 30.6 Å². The zero-order chi connectivity index (χ0) is 11.6. The lowest BCUT2D eigenvalue weighted by atomic mass is 10.1. The molecule has 0 aliphatic heterocycles. The van der Waals surface area contributed by atoms with Gasteiger partial charge in [-0.1, -0.05) is 0 Å². The summed E-state index contributed by atoms with van der Waals surface area (Å²) in [7, 11) is 0. The van der Waals surface area contributed by atoms with Crippen LogP contribution in [0.3, 0.4) is 0 Å². The first-order chi connectivity index (χ1) is 7.61. The average molecular weight is 241 g/mol. The van der Waals surface area contributed by atoms with E-state index in [4.69, 9.17) is 4.74 Å². The van der Waals surface area contributed by atoms with E-state index in [9.17, 15) is 0 Å². The van der Waals surface area contributed by atoms with E-state index in [2.05, 4.69) is 28.5 Å². The maximum Gasteiger partial charge on any atom is 0.202 e. The molecule has 1 aliphatic carbocycles. The Kier molecular flexibility index (Phi) is 3.44. The number of nitrogens with zero attached hydrogens (tertiary/aromatic N) is 2. The molecule has 1 N–H and O–H groups in total. The van der Waals surface area contributed by atoms with Crippen molar-refractivity contribution in [1.82, 2.24) is 9.36 Å². The lowest BCUT2D eigenvalue weighted by molar-refractivity contribution is 0.000694. The van der Waals surface area contributed by atoms with Gasteiger partial charge < -0.3 is 10.1 Å². The molecule has 1 aromatic heterocycles. The van der Waals surface area contributed by atoms with E-state index in [-0.39, 0.29) is 5.60 Å². The van der Waals surface area contributed by atoms with Gasteiger partial charge >= 0.3 is 0 Å². The van der Waals surface area contributed by atoms with Gasteiger partial charge in [0.15, 0.2) is 0 Å². The smallest absolute Gasteiger partial charge is 0.202 e. The summed E-state index contributed by atoms with van der Waals surface area (Å²) >= 11 is 1.45. The summed E-state index contributed by atoms with van der Waals surface area (Å²) in [6.07, 6.45) is 2.50. The quantitative estimate of drug-likeness (QED) is 0.831. The van der Waals surface area contributed by atoms with Gasteiger partial charge in [-0.2, -0.15) is 4.37 Å². The monoisotopic (exact) mass is 241 g/mol. The predicted octanol–water partition coefficient (Wildman–Crippen LogP) is 2.64. The third-order valence-electron chi connectivity index (χ3n) is 2.58. The Bertz CT molecular complexity index is 347. The van der Waals surface area contributed by atoms with Crippen LogP contribution >= 0.6 is 11.5 Å². The molecule has 0 amide bonds. The number of rotatable bonds is 6. The van der Waals surface area contributed by atoms with Crippen LogP contribution in [0.15, 0.2) is 0 Å². The summed E-state index contributed by atoms with van der Waals surface area (Å²) in [5.41, 5.74) is -0.153. The molecule has 0 atom stereocenters. The van der Waals surface area contributed by atoms with Crippen LogP contribution < -0.4 is 5.32 Å². The lowest BCUT2D eigenvalue weighted by Crippen LogP contribution is -2.33. The number of hydrogen-bond acceptors (Lipinski definition) is 5. The lowest BCUT2D eigenvalue weighted by Gasteiger charge is -2.24. The number of aromatic nitrogens is 2. The van der Waals surface area contributed by atoms with Crippen molar-refractivity contribution in [2.24, 2.45) is 0 Å². The fourth-order valence-corrected chi connectivity index (χ4v) is 2.19. The van der Waals surface area contributed by atoms with E-state index in [1.54, 1.807) is 0 Å². The summed E-state index contributed by atoms with van der Waals surface area (Å²) < 4.78 is 9.96. The molecule has 16 heavy (non-hydrogen) atoms. The molecule has 1 fully saturated rings. The minimum absolute atomic E-state index is 0.153. The van der Waals surface area contributed by atoms with Crippen LogP contribution in [0.2, 0.25) is 0 Å². The van der Waals surface area contributed by atoms with Gasteiger partial charge in [-0.15, -0.1) is 0 Å². The minimum Gasteiger partial charge on any atom is -0.374 e. The highest BCUT2D eigenvalue weighted by atomic mass is 32.1. The van der Waals surface area contributed by atoms with Crippen molar-refractivity contribution in [1.29, 1.82) is 0 Å². The van der Waals surface area contributed by atoms with E-state index in [1.165, 1.54) is 24.4 Å². The molecule has 2 rings (SSSR count). The summed E-state index contributed by atoms with van der Waals surface area (Å²) in [5.74, 6) is 1.65. The van der Waals surface area contributed by atoms with E-state index >= 15 is 0 Å². The van der Waals surface area contributed by atoms with Gasteiger partial charge in [0.05, 0.1) is 5.60 Å². The Balaban J connectivity index is 1.84. The fourth-order valence-electron chi connectivity index (χ4n) is 1.54. The van der Waals surface area contributed by atoms with Crippen molar-refractivity contribution in [3.8, 4) is 0 Å². The van der Waals surface area contributed by atoms with Gasteiger partial charge in [-0.3, -0.25) is 0 Å². The molecular formula is C11H19N3OS. The van der Waals surface area contributed by atoms with E-state index in [0.717, 1.165) is 24.1 Å². The van der Waals surface area contributed by atoms with Crippen molar-refractivity contribution >= 4 is 16.7 Å². The van der Waals surface area contributed by atoms with Gasteiger partial charge in [0.1, 0.15) is 5.82 Å². The van der Waals surface area contributed by atoms with Crippen LogP contribution in [0.1, 0.15) is 45.4 Å². The summed E-state index contributed by atoms with van der Waals surface area (Å²) in [4.78, 5) is 4.48. The van der Waals surface area contributed by atoms with Crippen LogP contribution in [0.25, 0.3) is 0 Å². The van der Waals surface area contributed by atoms with Crippen LogP contribution in [-0.2, 0) is 4.74 Å². The molecular weight excluding hydrogens is 222 g/mol. The maximum atomic E-state index is 5.61. The van der Waals surface area contributed by atoms with Crippen LogP contribution in [0.5, 0.6) is 0 Å². The number of ether oxygens (including phenoxy) is 1. The predicted molar refractivity (Wildman–Crippen MR) is 66.1 cm³/mol. The molecule has 1 saturated carbocycles. The first-order valence-corrected chi connectivity index (χ1v) is 6.59. The topological polar surface area (TPSA) is 47.0 Å². The van der Waals surface area contributed by atoms with Crippen molar-refractivity contribution < 1.29 is 4.74 Å². The zero-order valence-electron chi connectivity index (χ0n) is 10.1. The van der Waals surface area contributed by atoms with Crippen molar-refractivity contribution in [3.63, 3.8) is 0 Å². The van der Waals surface area contributed by atoms with Crippen LogP contribution in [0, 0.1) is 0 Å². The van der Waals surface area contributed by atoms with Gasteiger partial charge in [0.25, 0.3) is 0 Å². The highest BCUT2D eigenvalue weighted by Gasteiger charge is 2.28. The van der Waals surface area contributed by atoms with Gasteiger partial charge in [-0.05, 0) is 33.6 Å². The molecule has 1 aliphatic rings. The molecule has 0 saturated heterocycles. The Morgan fingerprint density at radius 1 is 1.50 bits per heavy atom. The first-order valence-electron chi connectivity index (χ1n) is 5.82. The molecule has 5 heteroatoms. The second-order valence-electron chi connectivity index (χ2n) is 4.78. The molecule has 1 aromatic rings. The van der Waals surface area contributed by atoms with Crippen molar-refractivity contribution in [2.45, 2.75) is 45.1 Å². The van der Waals surface area contributed by atoms with E-state index < -0.39 is 0 Å². The SMILES string of the molecule is CCOC(C)(C)CNc1nc(C2CC2)ns1. The minimum atomic E-state index is -0.153. The van der Waals surface area contributed by atoms with Gasteiger partial charge in [0.2, 0.25) is 5.13 Å². The van der Waals surface area contributed by atoms with Crippen LogP contribution in [-0.4, -0.2) is 28.1 Å². The highest BCUT2D eigenvalue weighted by molar-refractivity contribution is 7.09. The Hall–Kier alpha value is -0.680. The second kappa shape index (κ2) is 4.67. The first kappa shape index (κ1) is 11.8. The Morgan fingerprint density at radius 3 is 2.88 bits per heavy atom. The maximum absolute atomic E-state index is 5.61. The van der Waals surface area contributed by atoms with Gasteiger partial charge in [-0.25, -0.2) is 4.98 Å². The molecule has 1 heterocycles. The summed E-state index contributed by atoms with van der Waals surface area (Å²) in [6.45, 7) is 7.66. The highest BCUT2D eigenvalue weighted by Crippen LogP contribution is 2.39. The Labute approximate surface area is 101 Å². The standard InChI is InChI=1S/C11H19N3OS/c1-4-15-11(2,3)7-12-10-13-9(14-16-10)8-5-6-8/h8H,4-7H2,1-3H3,(H,12,13,14). The molecule has 0 spiro atoms. The normalized spacial score (nSPS) is 16.4. The largest absolute Gasteiger partial charge is 0.374 e. The van der Waals surface area contributed by atoms with E-state index in [0.29, 0.717) is 5.92 Å². The fraction of sp³-hybridized carbons (Fsp3) is 0.818. The Morgan fingerprint density at radius 2 is 2.25 bits per heavy atom. The molecule has 0 unspecified atom stereocenters. The average Bonchev–Trinajstić information content (AvgIpc) is 2.95. The molecule has 90 valence electrons. The molecule has 0 bridgehead atoms. The zero-order valence-corrected chi connectivity index (χ0v) is 10.9. The second-order valence-corrected chi connectivity index (χ2v) is 5.53. The summed E-state index contributed by atoms with van der Waals surface area (Å²) in [5, 5.41) is 4.20. The summed E-state index contributed by atoms with van der Waals surface area (Å²) in [6, 6.07) is 0.